The fourth-order valence-corrected chi connectivity index (χ4v) is 4.03. The molecule has 0 fully saturated rings. The van der Waals surface area contributed by atoms with Gasteiger partial charge in [-0.1, -0.05) is 36.4 Å². The lowest BCUT2D eigenvalue weighted by atomic mass is 10.1. The van der Waals surface area contributed by atoms with E-state index in [1.807, 2.05) is 54.6 Å². The quantitative estimate of drug-likeness (QED) is 0.0894. The van der Waals surface area contributed by atoms with Crippen LogP contribution in [0, 0.1) is 0 Å². The minimum Gasteiger partial charge on any atom is -0.480 e. The van der Waals surface area contributed by atoms with Crippen molar-refractivity contribution >= 4 is 46.5 Å². The Labute approximate surface area is 251 Å². The number of carboxylic acids is 2. The molecule has 234 valence electrons. The number of fused-ring (bicyclic) bond motifs is 1. The van der Waals surface area contributed by atoms with Crippen molar-refractivity contribution in [3.8, 4) is 11.5 Å². The number of benzene rings is 2. The second-order valence-corrected chi connectivity index (χ2v) is 9.35. The number of halogens is 3. The number of carbonyl (C=O) groups excluding carboxylic acids is 1. The molecular formula is C28H26F3N9O5. The number of para-hydroxylation sites is 2. The molecule has 0 radical (unpaired) electrons. The van der Waals surface area contributed by atoms with Crippen LogP contribution in [-0.2, 0) is 27.3 Å². The Kier molecular flexibility index (Phi) is 9.82. The number of aromatic nitrogens is 5. The zero-order valence-electron chi connectivity index (χ0n) is 23.1. The number of nitrogens with two attached hydrogens (primary N) is 1. The maximum Gasteiger partial charge on any atom is 0.490 e. The highest BCUT2D eigenvalue weighted by atomic mass is 19.4. The maximum absolute atomic E-state index is 12.7. The summed E-state index contributed by atoms with van der Waals surface area (Å²) in [6.45, 7) is -0.202. The van der Waals surface area contributed by atoms with Crippen molar-refractivity contribution in [1.29, 1.82) is 0 Å². The number of aromatic amines is 2. The zero-order valence-corrected chi connectivity index (χ0v) is 23.1. The average Bonchev–Trinajstić information content (AvgIpc) is 3.72. The number of hydrogen-bond acceptors (Lipinski definition) is 8. The van der Waals surface area contributed by atoms with Crippen LogP contribution in [0.3, 0.4) is 0 Å². The first-order valence-electron chi connectivity index (χ1n) is 13.0. The molecule has 5 rings (SSSR count). The van der Waals surface area contributed by atoms with E-state index in [1.165, 1.54) is 10.9 Å². The summed E-state index contributed by atoms with van der Waals surface area (Å²) in [6, 6.07) is 16.0. The number of imidazole rings is 2. The zero-order chi connectivity index (χ0) is 32.6. The van der Waals surface area contributed by atoms with Gasteiger partial charge in [0.25, 0.3) is 0 Å². The summed E-state index contributed by atoms with van der Waals surface area (Å²) in [5.74, 6) is -3.77. The molecule has 8 N–H and O–H groups in total. The highest BCUT2D eigenvalue weighted by molar-refractivity contribution is 5.87. The summed E-state index contributed by atoms with van der Waals surface area (Å²) in [5, 5.41) is 24.5. The predicted octanol–water partition coefficient (Wildman–Crippen LogP) is 3.23. The molecule has 0 bridgehead atoms. The third-order valence-corrected chi connectivity index (χ3v) is 6.16. The molecule has 17 heteroatoms. The Balaban J connectivity index is 0.000000591. The van der Waals surface area contributed by atoms with E-state index < -0.39 is 30.1 Å². The molecule has 0 aliphatic rings. The first kappa shape index (κ1) is 31.8. The van der Waals surface area contributed by atoms with Gasteiger partial charge in [-0.05, 0) is 23.8 Å². The van der Waals surface area contributed by atoms with Crippen LogP contribution >= 0.6 is 0 Å². The number of carboxylic acid groups (broad SMARTS) is 2. The van der Waals surface area contributed by atoms with Gasteiger partial charge in [-0.2, -0.15) is 18.3 Å². The Morgan fingerprint density at radius 3 is 2.44 bits per heavy atom. The van der Waals surface area contributed by atoms with Crippen molar-refractivity contribution < 1.29 is 37.8 Å². The number of carbonyl (C=O) groups is 3. The standard InChI is InChI=1S/C26H25N9O3.C2HF3O2/c27-24-23(25-29-12-18(32-25)13-31-34-17-6-2-1-3-7-17)30-15-35(24)14-22(36)33-21(26(37)38)10-16-11-28-20-9-5-4-8-19(16)20;3-2(4,5)1(6)7/h1-9,11-13,15,21,28,34H,10,14,27H2,(H,29,32)(H,33,36)(H,37,38);(H,6,7)/b31-13+;/t21-;/m0./s1. The van der Waals surface area contributed by atoms with Crippen LogP contribution < -0.4 is 16.5 Å². The number of amides is 1. The Hall–Kier alpha value is -6.13. The van der Waals surface area contributed by atoms with Gasteiger partial charge >= 0.3 is 18.1 Å². The van der Waals surface area contributed by atoms with E-state index in [0.717, 1.165) is 22.2 Å². The summed E-state index contributed by atoms with van der Waals surface area (Å²) in [5.41, 5.74) is 12.7. The van der Waals surface area contributed by atoms with Crippen molar-refractivity contribution in [2.45, 2.75) is 25.2 Å². The van der Waals surface area contributed by atoms with Crippen LogP contribution in [0.25, 0.3) is 22.4 Å². The van der Waals surface area contributed by atoms with E-state index in [0.29, 0.717) is 17.2 Å². The van der Waals surface area contributed by atoms with E-state index >= 15 is 0 Å². The first-order valence-corrected chi connectivity index (χ1v) is 13.0. The Morgan fingerprint density at radius 2 is 1.76 bits per heavy atom. The van der Waals surface area contributed by atoms with Crippen molar-refractivity contribution in [1.82, 2.24) is 29.8 Å². The summed E-state index contributed by atoms with van der Waals surface area (Å²) in [7, 11) is 0. The van der Waals surface area contributed by atoms with Crippen molar-refractivity contribution in [2.24, 2.45) is 5.10 Å². The molecule has 0 spiro atoms. The fraction of sp³-hybridized carbons (Fsp3) is 0.143. The van der Waals surface area contributed by atoms with Crippen molar-refractivity contribution in [3.05, 3.63) is 84.6 Å². The lowest BCUT2D eigenvalue weighted by Crippen LogP contribution is -2.43. The molecule has 1 atom stereocenters. The molecule has 3 aromatic heterocycles. The number of H-pyrrole nitrogens is 2. The molecular weight excluding hydrogens is 599 g/mol. The van der Waals surface area contributed by atoms with Crippen LogP contribution in [0.15, 0.2) is 78.4 Å². The molecule has 2 aromatic carbocycles. The highest BCUT2D eigenvalue weighted by Crippen LogP contribution is 2.22. The Morgan fingerprint density at radius 1 is 1.07 bits per heavy atom. The largest absolute Gasteiger partial charge is 0.490 e. The molecule has 5 aromatic rings. The fourth-order valence-electron chi connectivity index (χ4n) is 4.03. The van der Waals surface area contributed by atoms with E-state index in [-0.39, 0.29) is 18.8 Å². The minimum absolute atomic E-state index is 0.131. The summed E-state index contributed by atoms with van der Waals surface area (Å²) >= 11 is 0. The number of alkyl halides is 3. The predicted molar refractivity (Wildman–Crippen MR) is 157 cm³/mol. The van der Waals surface area contributed by atoms with Gasteiger partial charge in [0.1, 0.15) is 24.1 Å². The number of anilines is 2. The monoisotopic (exact) mass is 625 g/mol. The Bertz CT molecular complexity index is 1810. The van der Waals surface area contributed by atoms with Gasteiger partial charge in [-0.25, -0.2) is 19.6 Å². The van der Waals surface area contributed by atoms with Gasteiger partial charge < -0.3 is 35.8 Å². The highest BCUT2D eigenvalue weighted by Gasteiger charge is 2.38. The van der Waals surface area contributed by atoms with Crippen LogP contribution in [-0.4, -0.2) is 71.0 Å². The average molecular weight is 626 g/mol. The summed E-state index contributed by atoms with van der Waals surface area (Å²) in [4.78, 5) is 48.2. The second kappa shape index (κ2) is 13.9. The number of rotatable bonds is 10. The molecule has 0 aliphatic carbocycles. The maximum atomic E-state index is 12.7. The molecule has 0 aliphatic heterocycles. The smallest absolute Gasteiger partial charge is 0.480 e. The van der Waals surface area contributed by atoms with Gasteiger partial charge in [0.05, 0.1) is 30.1 Å². The van der Waals surface area contributed by atoms with Gasteiger partial charge in [-0.3, -0.25) is 10.2 Å². The number of nitrogens with zero attached hydrogens (tertiary/aromatic N) is 4. The number of hydrogen-bond donors (Lipinski definition) is 7. The summed E-state index contributed by atoms with van der Waals surface area (Å²) in [6.07, 6.45) is 1.37. The van der Waals surface area contributed by atoms with Gasteiger partial charge in [0, 0.05) is 23.5 Å². The lowest BCUT2D eigenvalue weighted by molar-refractivity contribution is -0.192. The van der Waals surface area contributed by atoms with E-state index in [9.17, 15) is 27.9 Å². The van der Waals surface area contributed by atoms with Crippen LogP contribution in [0.1, 0.15) is 11.3 Å². The van der Waals surface area contributed by atoms with Gasteiger partial charge in [-0.15, -0.1) is 0 Å². The van der Waals surface area contributed by atoms with E-state index in [4.69, 9.17) is 15.6 Å². The van der Waals surface area contributed by atoms with Crippen molar-refractivity contribution in [3.63, 3.8) is 0 Å². The molecule has 14 nitrogen and oxygen atoms in total. The third kappa shape index (κ3) is 8.46. The SMILES string of the molecule is Nc1c(-c2ncc(/C=N/Nc3ccccc3)[nH]2)ncn1CC(=O)N[C@@H](Cc1c[nH]c2ccccc12)C(=O)O.O=C(O)C(F)(F)F. The number of nitrogen functional groups attached to an aromatic ring is 1. The minimum atomic E-state index is -5.08. The third-order valence-electron chi connectivity index (χ3n) is 6.16. The molecule has 0 unspecified atom stereocenters. The molecule has 0 saturated heterocycles. The van der Waals surface area contributed by atoms with Crippen LogP contribution in [0.4, 0.5) is 24.7 Å². The molecule has 3 heterocycles. The number of nitrogens with one attached hydrogen (secondary N) is 4. The van der Waals surface area contributed by atoms with E-state index in [2.05, 4.69) is 35.8 Å². The first-order chi connectivity index (χ1) is 21.4. The lowest BCUT2D eigenvalue weighted by Gasteiger charge is -2.15. The number of hydrazone groups is 1. The number of aliphatic carboxylic acids is 2. The van der Waals surface area contributed by atoms with Gasteiger partial charge in [0.15, 0.2) is 5.82 Å². The molecule has 0 saturated carbocycles. The topological polar surface area (TPSA) is 216 Å². The molecule has 45 heavy (non-hydrogen) atoms. The van der Waals surface area contributed by atoms with Gasteiger partial charge in [0.2, 0.25) is 5.91 Å². The normalized spacial score (nSPS) is 12.0. The summed E-state index contributed by atoms with van der Waals surface area (Å²) < 4.78 is 33.2. The van der Waals surface area contributed by atoms with Crippen LogP contribution in [0.5, 0.6) is 0 Å². The van der Waals surface area contributed by atoms with E-state index in [1.54, 1.807) is 18.6 Å². The molecule has 1 amide bonds. The van der Waals surface area contributed by atoms with Crippen LogP contribution in [0.2, 0.25) is 0 Å². The second-order valence-electron chi connectivity index (χ2n) is 9.35. The van der Waals surface area contributed by atoms with Crippen molar-refractivity contribution in [2.75, 3.05) is 11.2 Å².